The summed E-state index contributed by atoms with van der Waals surface area (Å²) in [6, 6.07) is 10.1. The predicted molar refractivity (Wildman–Crippen MR) is 139 cm³/mol. The van der Waals surface area contributed by atoms with Gasteiger partial charge in [-0.3, -0.25) is 4.79 Å². The number of anilines is 2. The molecule has 0 saturated carbocycles. The van der Waals surface area contributed by atoms with Crippen LogP contribution in [0.4, 0.5) is 11.8 Å². The number of nitrogens with one attached hydrogen (secondary N) is 1. The van der Waals surface area contributed by atoms with E-state index < -0.39 is 0 Å². The number of amides is 1. The number of nitrogens with zero attached hydrogens (tertiary/aromatic N) is 5. The molecule has 8 heteroatoms. The third-order valence-corrected chi connectivity index (χ3v) is 7.61. The van der Waals surface area contributed by atoms with Crippen LogP contribution in [0.15, 0.2) is 47.2 Å². The first-order valence-electron chi connectivity index (χ1n) is 12.1. The maximum atomic E-state index is 14.0. The van der Waals surface area contributed by atoms with Gasteiger partial charge in [0, 0.05) is 44.0 Å². The number of benzene rings is 1. The third kappa shape index (κ3) is 4.60. The second kappa shape index (κ2) is 9.49. The van der Waals surface area contributed by atoms with Crippen molar-refractivity contribution in [3.63, 3.8) is 0 Å². The summed E-state index contributed by atoms with van der Waals surface area (Å²) < 4.78 is 0.838. The van der Waals surface area contributed by atoms with Gasteiger partial charge in [-0.25, -0.2) is 15.0 Å². The lowest BCUT2D eigenvalue weighted by atomic mass is 9.76. The third-order valence-electron chi connectivity index (χ3n) is 7.20. The average Bonchev–Trinajstić information content (AvgIpc) is 3.38. The standard InChI is InChI=1S/C26H31BrN6O/c1-26(2)11-6-14-33(21(26)17-30-25-28-15-19(27)16-29-25)24(34)20-8-5-7-18-9-10-22(31-23(18)20)32-12-3-4-13-32/h5,7-10,15-16,21H,3-4,6,11-14,17H2,1-2H3,(H,28,29,30). The molecule has 0 aliphatic carbocycles. The number of para-hydroxylation sites is 1. The monoisotopic (exact) mass is 522 g/mol. The van der Waals surface area contributed by atoms with E-state index in [1.54, 1.807) is 12.4 Å². The van der Waals surface area contributed by atoms with Crippen LogP contribution in [0.3, 0.4) is 0 Å². The van der Waals surface area contributed by atoms with Gasteiger partial charge in [0.15, 0.2) is 0 Å². The molecule has 1 unspecified atom stereocenters. The van der Waals surface area contributed by atoms with Gasteiger partial charge < -0.3 is 15.1 Å². The van der Waals surface area contributed by atoms with E-state index in [0.717, 1.165) is 53.7 Å². The van der Waals surface area contributed by atoms with Gasteiger partial charge in [0.05, 0.1) is 21.6 Å². The van der Waals surface area contributed by atoms with Crippen molar-refractivity contribution in [2.75, 3.05) is 36.4 Å². The van der Waals surface area contributed by atoms with Crippen molar-refractivity contribution >= 4 is 44.5 Å². The van der Waals surface area contributed by atoms with Crippen molar-refractivity contribution < 1.29 is 4.79 Å². The Morgan fingerprint density at radius 3 is 2.62 bits per heavy atom. The Kier molecular flexibility index (Phi) is 6.42. The van der Waals surface area contributed by atoms with E-state index in [2.05, 4.69) is 62.1 Å². The van der Waals surface area contributed by atoms with Gasteiger partial charge in [0.2, 0.25) is 5.95 Å². The molecule has 2 fully saturated rings. The highest BCUT2D eigenvalue weighted by Crippen LogP contribution is 2.36. The molecule has 178 valence electrons. The van der Waals surface area contributed by atoms with Crippen molar-refractivity contribution in [2.45, 2.75) is 45.6 Å². The Labute approximate surface area is 209 Å². The quantitative estimate of drug-likeness (QED) is 0.500. The lowest BCUT2D eigenvalue weighted by Crippen LogP contribution is -2.55. The Morgan fingerprint density at radius 2 is 1.85 bits per heavy atom. The molecule has 2 saturated heterocycles. The van der Waals surface area contributed by atoms with E-state index in [1.165, 1.54) is 12.8 Å². The summed E-state index contributed by atoms with van der Waals surface area (Å²) in [5.41, 5.74) is 1.44. The van der Waals surface area contributed by atoms with Crippen molar-refractivity contribution in [1.82, 2.24) is 19.9 Å². The molecule has 0 spiro atoms. The molecule has 2 aliphatic rings. The highest BCUT2D eigenvalue weighted by atomic mass is 79.9. The minimum Gasteiger partial charge on any atom is -0.357 e. The summed E-state index contributed by atoms with van der Waals surface area (Å²) in [4.78, 5) is 32.0. The fourth-order valence-electron chi connectivity index (χ4n) is 5.26. The average molecular weight is 523 g/mol. The highest BCUT2D eigenvalue weighted by Gasteiger charge is 2.40. The number of fused-ring (bicyclic) bond motifs is 1. The number of pyridine rings is 1. The minimum atomic E-state index is -0.0327. The second-order valence-corrected chi connectivity index (χ2v) is 10.9. The van der Waals surface area contributed by atoms with Crippen molar-refractivity contribution in [1.29, 1.82) is 0 Å². The van der Waals surface area contributed by atoms with Crippen LogP contribution in [-0.4, -0.2) is 58.0 Å². The largest absolute Gasteiger partial charge is 0.357 e. The Bertz CT molecular complexity index is 1180. The van der Waals surface area contributed by atoms with E-state index in [4.69, 9.17) is 4.98 Å². The van der Waals surface area contributed by atoms with Gasteiger partial charge >= 0.3 is 0 Å². The molecule has 1 N–H and O–H groups in total. The first-order chi connectivity index (χ1) is 16.4. The topological polar surface area (TPSA) is 74.2 Å². The Morgan fingerprint density at radius 1 is 1.09 bits per heavy atom. The van der Waals surface area contributed by atoms with Crippen molar-refractivity contribution in [3.05, 3.63) is 52.8 Å². The molecule has 0 radical (unpaired) electrons. The highest BCUT2D eigenvalue weighted by molar-refractivity contribution is 9.10. The summed E-state index contributed by atoms with van der Waals surface area (Å²) in [5, 5.41) is 4.36. The molecule has 1 aromatic carbocycles. The second-order valence-electron chi connectivity index (χ2n) is 9.95. The fourth-order valence-corrected chi connectivity index (χ4v) is 5.46. The molecular formula is C26H31BrN6O. The van der Waals surface area contributed by atoms with E-state index >= 15 is 0 Å². The van der Waals surface area contributed by atoms with Crippen LogP contribution in [0.25, 0.3) is 10.9 Å². The summed E-state index contributed by atoms with van der Waals surface area (Å²) in [7, 11) is 0. The maximum Gasteiger partial charge on any atom is 0.256 e. The molecule has 5 rings (SSSR count). The fraction of sp³-hybridized carbons (Fsp3) is 0.462. The van der Waals surface area contributed by atoms with E-state index in [-0.39, 0.29) is 17.4 Å². The maximum absolute atomic E-state index is 14.0. The van der Waals surface area contributed by atoms with Crippen LogP contribution in [0.1, 0.15) is 49.9 Å². The van der Waals surface area contributed by atoms with Crippen molar-refractivity contribution in [2.24, 2.45) is 5.41 Å². The minimum absolute atomic E-state index is 0.0121. The molecule has 2 aromatic heterocycles. The Hall–Kier alpha value is -2.74. The number of hydrogen-bond acceptors (Lipinski definition) is 6. The smallest absolute Gasteiger partial charge is 0.256 e. The molecule has 2 aliphatic heterocycles. The number of carbonyl (C=O) groups is 1. The first-order valence-corrected chi connectivity index (χ1v) is 12.9. The number of carbonyl (C=O) groups excluding carboxylic acids is 1. The lowest BCUT2D eigenvalue weighted by molar-refractivity contribution is 0.0321. The van der Waals surface area contributed by atoms with Gasteiger partial charge in [-0.05, 0) is 65.2 Å². The van der Waals surface area contributed by atoms with Gasteiger partial charge in [0.25, 0.3) is 5.91 Å². The van der Waals surface area contributed by atoms with E-state index in [9.17, 15) is 4.79 Å². The molecule has 7 nitrogen and oxygen atoms in total. The first kappa shape index (κ1) is 23.0. The van der Waals surface area contributed by atoms with E-state index in [1.807, 2.05) is 23.1 Å². The van der Waals surface area contributed by atoms with Crippen LogP contribution >= 0.6 is 15.9 Å². The Balaban J connectivity index is 1.45. The molecule has 0 bridgehead atoms. The molecular weight excluding hydrogens is 492 g/mol. The van der Waals surface area contributed by atoms with Gasteiger partial charge in [-0.2, -0.15) is 0 Å². The lowest BCUT2D eigenvalue weighted by Gasteiger charge is -2.46. The van der Waals surface area contributed by atoms with Gasteiger partial charge in [-0.15, -0.1) is 0 Å². The van der Waals surface area contributed by atoms with Crippen LogP contribution in [-0.2, 0) is 0 Å². The van der Waals surface area contributed by atoms with Crippen LogP contribution in [0, 0.1) is 5.41 Å². The van der Waals surface area contributed by atoms with Gasteiger partial charge in [0.1, 0.15) is 5.82 Å². The zero-order valence-electron chi connectivity index (χ0n) is 19.8. The van der Waals surface area contributed by atoms with Crippen LogP contribution in [0.5, 0.6) is 0 Å². The number of hydrogen-bond donors (Lipinski definition) is 1. The van der Waals surface area contributed by atoms with Gasteiger partial charge in [-0.1, -0.05) is 26.0 Å². The molecule has 1 amide bonds. The number of likely N-dealkylation sites (tertiary alicyclic amines) is 1. The number of halogens is 1. The molecule has 34 heavy (non-hydrogen) atoms. The van der Waals surface area contributed by atoms with Crippen molar-refractivity contribution in [3.8, 4) is 0 Å². The molecule has 1 atom stereocenters. The molecule has 3 aromatic rings. The number of rotatable bonds is 5. The summed E-state index contributed by atoms with van der Waals surface area (Å²) in [6.45, 7) is 7.87. The predicted octanol–water partition coefficient (Wildman–Crippen LogP) is 5.13. The zero-order valence-corrected chi connectivity index (χ0v) is 21.4. The summed E-state index contributed by atoms with van der Waals surface area (Å²) in [5.74, 6) is 1.59. The summed E-state index contributed by atoms with van der Waals surface area (Å²) >= 11 is 3.38. The zero-order chi connectivity index (χ0) is 23.7. The van der Waals surface area contributed by atoms with E-state index in [0.29, 0.717) is 18.1 Å². The van der Waals surface area contributed by atoms with Crippen LogP contribution < -0.4 is 10.2 Å². The normalized spacial score (nSPS) is 20.0. The number of aromatic nitrogens is 3. The SMILES string of the molecule is CC1(C)CCCN(C(=O)c2cccc3ccc(N4CCCC4)nc23)C1CNc1ncc(Br)cn1. The van der Waals surface area contributed by atoms with Crippen LogP contribution in [0.2, 0.25) is 0 Å². The number of piperidine rings is 1. The molecule has 4 heterocycles. The summed E-state index contributed by atoms with van der Waals surface area (Å²) in [6.07, 6.45) is 7.90.